The van der Waals surface area contributed by atoms with E-state index in [1.807, 2.05) is 17.7 Å². The third kappa shape index (κ3) is 3.64. The second-order valence-electron chi connectivity index (χ2n) is 5.98. The molecule has 7 heteroatoms. The zero-order valence-electron chi connectivity index (χ0n) is 13.8. The first-order valence-corrected chi connectivity index (χ1v) is 8.42. The molecule has 128 valence electrons. The SMILES string of the molecule is COc1ccc(Cl)cc1NC(=O)Nc1cc(C)nn1C1CCCC1. The van der Waals surface area contributed by atoms with Gasteiger partial charge in [-0.05, 0) is 38.0 Å². The maximum atomic E-state index is 12.4. The predicted octanol–water partition coefficient (Wildman–Crippen LogP) is 4.61. The van der Waals surface area contributed by atoms with Crippen LogP contribution in [0.4, 0.5) is 16.3 Å². The average Bonchev–Trinajstić information content (AvgIpc) is 3.17. The Morgan fingerprint density at radius 2 is 2.04 bits per heavy atom. The lowest BCUT2D eigenvalue weighted by atomic mass is 10.2. The number of ether oxygens (including phenoxy) is 1. The fraction of sp³-hybridized carbons (Fsp3) is 0.412. The highest BCUT2D eigenvalue weighted by molar-refractivity contribution is 6.31. The molecule has 3 rings (SSSR count). The number of aryl methyl sites for hydroxylation is 1. The second-order valence-corrected chi connectivity index (χ2v) is 6.41. The van der Waals surface area contributed by atoms with Gasteiger partial charge in [-0.1, -0.05) is 24.4 Å². The summed E-state index contributed by atoms with van der Waals surface area (Å²) in [5.41, 5.74) is 1.41. The maximum Gasteiger partial charge on any atom is 0.324 e. The number of methoxy groups -OCH3 is 1. The van der Waals surface area contributed by atoms with Gasteiger partial charge >= 0.3 is 6.03 Å². The number of carbonyl (C=O) groups is 1. The molecule has 1 aliphatic carbocycles. The van der Waals surface area contributed by atoms with Gasteiger partial charge in [-0.2, -0.15) is 5.10 Å². The van der Waals surface area contributed by atoms with Crippen LogP contribution in [0, 0.1) is 6.92 Å². The highest BCUT2D eigenvalue weighted by atomic mass is 35.5. The van der Waals surface area contributed by atoms with E-state index >= 15 is 0 Å². The Bertz CT molecular complexity index is 738. The van der Waals surface area contributed by atoms with Gasteiger partial charge in [-0.25, -0.2) is 9.48 Å². The van der Waals surface area contributed by atoms with Crippen LogP contribution in [0.15, 0.2) is 24.3 Å². The molecule has 2 aromatic rings. The smallest absolute Gasteiger partial charge is 0.324 e. The van der Waals surface area contributed by atoms with E-state index < -0.39 is 0 Å². The van der Waals surface area contributed by atoms with E-state index in [2.05, 4.69) is 15.7 Å². The van der Waals surface area contributed by atoms with Crippen molar-refractivity contribution in [2.45, 2.75) is 38.6 Å². The summed E-state index contributed by atoms with van der Waals surface area (Å²) in [6.45, 7) is 1.93. The molecule has 0 saturated heterocycles. The van der Waals surface area contributed by atoms with E-state index in [0.29, 0.717) is 28.3 Å². The molecular weight excluding hydrogens is 328 g/mol. The summed E-state index contributed by atoms with van der Waals surface area (Å²) >= 11 is 5.99. The number of nitrogens with zero attached hydrogens (tertiary/aromatic N) is 2. The second kappa shape index (κ2) is 7.13. The van der Waals surface area contributed by atoms with Gasteiger partial charge in [0, 0.05) is 11.1 Å². The number of carbonyl (C=O) groups excluding carboxylic acids is 1. The average molecular weight is 349 g/mol. The lowest BCUT2D eigenvalue weighted by Gasteiger charge is -2.15. The molecule has 1 aromatic carbocycles. The summed E-state index contributed by atoms with van der Waals surface area (Å²) < 4.78 is 7.17. The molecule has 2 amide bonds. The van der Waals surface area contributed by atoms with Gasteiger partial charge in [0.25, 0.3) is 0 Å². The lowest BCUT2D eigenvalue weighted by molar-refractivity contribution is 0.261. The summed E-state index contributed by atoms with van der Waals surface area (Å²) in [5.74, 6) is 1.26. The van der Waals surface area contributed by atoms with Gasteiger partial charge in [-0.15, -0.1) is 0 Å². The van der Waals surface area contributed by atoms with Gasteiger partial charge in [0.2, 0.25) is 0 Å². The van der Waals surface area contributed by atoms with E-state index in [9.17, 15) is 4.79 Å². The summed E-state index contributed by atoms with van der Waals surface area (Å²) in [6.07, 6.45) is 4.60. The van der Waals surface area contributed by atoms with E-state index in [1.165, 1.54) is 12.8 Å². The Kier molecular flexibility index (Phi) is 4.94. The standard InChI is InChI=1S/C17H21ClN4O2/c1-11-9-16(22(21-11)13-5-3-4-6-13)20-17(23)19-14-10-12(18)7-8-15(14)24-2/h7-10,13H,3-6H2,1-2H3,(H2,19,20,23). The Hall–Kier alpha value is -2.21. The zero-order chi connectivity index (χ0) is 17.1. The van der Waals surface area contributed by atoms with Gasteiger partial charge < -0.3 is 10.1 Å². The Balaban J connectivity index is 1.75. The van der Waals surface area contributed by atoms with Crippen LogP contribution in [0.3, 0.4) is 0 Å². The van der Waals surface area contributed by atoms with Crippen LogP contribution >= 0.6 is 11.6 Å². The Morgan fingerprint density at radius 3 is 2.75 bits per heavy atom. The molecule has 1 aromatic heterocycles. The van der Waals surface area contributed by atoms with Crippen molar-refractivity contribution in [2.75, 3.05) is 17.7 Å². The van der Waals surface area contributed by atoms with Crippen molar-refractivity contribution in [1.29, 1.82) is 0 Å². The van der Waals surface area contributed by atoms with Crippen molar-refractivity contribution >= 4 is 29.1 Å². The van der Waals surface area contributed by atoms with E-state index in [-0.39, 0.29) is 6.03 Å². The molecule has 24 heavy (non-hydrogen) atoms. The van der Waals surface area contributed by atoms with Crippen molar-refractivity contribution in [1.82, 2.24) is 9.78 Å². The molecule has 0 atom stereocenters. The number of rotatable bonds is 4. The molecule has 1 heterocycles. The van der Waals surface area contributed by atoms with Gasteiger partial charge in [0.05, 0.1) is 24.5 Å². The van der Waals surface area contributed by atoms with Crippen molar-refractivity contribution < 1.29 is 9.53 Å². The number of amides is 2. The molecule has 2 N–H and O–H groups in total. The number of benzene rings is 1. The van der Waals surface area contributed by atoms with Crippen molar-refractivity contribution in [3.05, 3.63) is 35.0 Å². The Morgan fingerprint density at radius 1 is 1.29 bits per heavy atom. The summed E-state index contributed by atoms with van der Waals surface area (Å²) in [6, 6.07) is 6.96. The third-order valence-corrected chi connectivity index (χ3v) is 4.41. The molecule has 0 spiro atoms. The van der Waals surface area contributed by atoms with Crippen molar-refractivity contribution in [3.8, 4) is 5.75 Å². The lowest BCUT2D eigenvalue weighted by Crippen LogP contribution is -2.22. The number of nitrogens with one attached hydrogen (secondary N) is 2. The summed E-state index contributed by atoms with van der Waals surface area (Å²) in [7, 11) is 1.55. The highest BCUT2D eigenvalue weighted by Crippen LogP contribution is 2.32. The Labute approximate surface area is 146 Å². The molecule has 0 aliphatic heterocycles. The van der Waals surface area contributed by atoms with E-state index in [0.717, 1.165) is 18.5 Å². The van der Waals surface area contributed by atoms with Gasteiger partial charge in [0.1, 0.15) is 11.6 Å². The van der Waals surface area contributed by atoms with Gasteiger partial charge in [0.15, 0.2) is 0 Å². The number of urea groups is 1. The molecular formula is C17H21ClN4O2. The van der Waals surface area contributed by atoms with Crippen LogP contribution in [-0.2, 0) is 0 Å². The normalized spacial score (nSPS) is 14.6. The topological polar surface area (TPSA) is 68.2 Å². The van der Waals surface area contributed by atoms with E-state index in [4.69, 9.17) is 16.3 Å². The molecule has 6 nitrogen and oxygen atoms in total. The molecule has 1 fully saturated rings. The minimum Gasteiger partial charge on any atom is -0.495 e. The number of anilines is 2. The fourth-order valence-electron chi connectivity index (χ4n) is 3.08. The van der Waals surface area contributed by atoms with Crippen molar-refractivity contribution in [3.63, 3.8) is 0 Å². The molecule has 1 saturated carbocycles. The minimum absolute atomic E-state index is 0.352. The quantitative estimate of drug-likeness (QED) is 0.847. The van der Waals surface area contributed by atoms with Crippen LogP contribution in [0.25, 0.3) is 0 Å². The van der Waals surface area contributed by atoms with Crippen LogP contribution in [0.1, 0.15) is 37.4 Å². The van der Waals surface area contributed by atoms with Crippen molar-refractivity contribution in [2.24, 2.45) is 0 Å². The summed E-state index contributed by atoms with van der Waals surface area (Å²) in [4.78, 5) is 12.4. The molecule has 0 radical (unpaired) electrons. The van der Waals surface area contributed by atoms with Crippen LogP contribution in [0.2, 0.25) is 5.02 Å². The maximum absolute atomic E-state index is 12.4. The number of halogens is 1. The highest BCUT2D eigenvalue weighted by Gasteiger charge is 2.21. The molecule has 1 aliphatic rings. The first kappa shape index (κ1) is 16.6. The number of hydrogen-bond donors (Lipinski definition) is 2. The third-order valence-electron chi connectivity index (χ3n) is 4.18. The summed E-state index contributed by atoms with van der Waals surface area (Å²) in [5, 5.41) is 10.7. The molecule has 0 bridgehead atoms. The number of aromatic nitrogens is 2. The monoisotopic (exact) mass is 348 g/mol. The largest absolute Gasteiger partial charge is 0.495 e. The van der Waals surface area contributed by atoms with E-state index in [1.54, 1.807) is 25.3 Å². The van der Waals surface area contributed by atoms with Crippen LogP contribution < -0.4 is 15.4 Å². The minimum atomic E-state index is -0.352. The van der Waals surface area contributed by atoms with Crippen LogP contribution in [0.5, 0.6) is 5.75 Å². The molecule has 0 unspecified atom stereocenters. The van der Waals surface area contributed by atoms with Gasteiger partial charge in [-0.3, -0.25) is 5.32 Å². The van der Waals surface area contributed by atoms with Crippen LogP contribution in [-0.4, -0.2) is 22.9 Å². The first-order valence-electron chi connectivity index (χ1n) is 8.04. The fourth-order valence-corrected chi connectivity index (χ4v) is 3.26. The first-order chi connectivity index (χ1) is 11.6. The zero-order valence-corrected chi connectivity index (χ0v) is 14.6. The predicted molar refractivity (Wildman–Crippen MR) is 95.1 cm³/mol. The number of hydrogen-bond acceptors (Lipinski definition) is 3.